The Bertz CT molecular complexity index is 833. The third-order valence-electron chi connectivity index (χ3n) is 2.95. The molecule has 0 aliphatic rings. The van der Waals surface area contributed by atoms with Gasteiger partial charge in [-0.3, -0.25) is 19.9 Å². The molecule has 0 saturated carbocycles. The Morgan fingerprint density at radius 1 is 1.42 bits per heavy atom. The van der Waals surface area contributed by atoms with Crippen molar-refractivity contribution in [3.05, 3.63) is 27.0 Å². The SMILES string of the molecule is C/C=N\C(=NC)NC(=O)Cn1nc(C)c2cc(C)sc2c1=O.CC. The van der Waals surface area contributed by atoms with E-state index >= 15 is 0 Å². The smallest absolute Gasteiger partial charge is 0.285 e. The Balaban J connectivity index is 0.00000139. The standard InChI is InChI=1S/C14H17N5O2S.C2H6/c1-5-16-14(15-4)17-11(20)7-19-13(21)12-10(9(3)18-19)6-8(2)22-12;1-2/h5-6H,7H2,1-4H3,(H,15,17,20);1-2H3/b16-5-;. The van der Waals surface area contributed by atoms with Gasteiger partial charge in [-0.25, -0.2) is 9.67 Å². The highest BCUT2D eigenvalue weighted by atomic mass is 32.1. The Morgan fingerprint density at radius 3 is 2.67 bits per heavy atom. The quantitative estimate of drug-likeness (QED) is 0.666. The number of nitrogens with zero attached hydrogens (tertiary/aromatic N) is 4. The Kier molecular flexibility index (Phi) is 7.44. The molecule has 2 aromatic rings. The molecule has 0 saturated heterocycles. The molecule has 0 spiro atoms. The first-order valence-electron chi connectivity index (χ1n) is 7.69. The van der Waals surface area contributed by atoms with Crippen molar-refractivity contribution in [2.45, 2.75) is 41.2 Å². The van der Waals surface area contributed by atoms with Crippen molar-refractivity contribution in [2.75, 3.05) is 7.05 Å². The predicted molar refractivity (Wildman–Crippen MR) is 100 cm³/mol. The minimum atomic E-state index is -0.396. The zero-order valence-electron chi connectivity index (χ0n) is 14.9. The normalized spacial score (nSPS) is 11.5. The van der Waals surface area contributed by atoms with E-state index in [4.69, 9.17) is 0 Å². The highest BCUT2D eigenvalue weighted by Crippen LogP contribution is 2.23. The molecule has 0 aromatic carbocycles. The van der Waals surface area contributed by atoms with Crippen molar-refractivity contribution >= 4 is 39.5 Å². The van der Waals surface area contributed by atoms with Crippen LogP contribution in [0.1, 0.15) is 31.3 Å². The molecule has 2 aromatic heterocycles. The number of aromatic nitrogens is 2. The summed E-state index contributed by atoms with van der Waals surface area (Å²) in [5.74, 6) is -0.196. The summed E-state index contributed by atoms with van der Waals surface area (Å²) in [4.78, 5) is 33.2. The zero-order chi connectivity index (χ0) is 18.3. The fraction of sp³-hybridized carbons (Fsp3) is 0.438. The molecule has 0 atom stereocenters. The van der Waals surface area contributed by atoms with Crippen molar-refractivity contribution in [3.8, 4) is 0 Å². The Morgan fingerprint density at radius 2 is 2.08 bits per heavy atom. The van der Waals surface area contributed by atoms with E-state index in [1.165, 1.54) is 29.3 Å². The number of aryl methyl sites for hydroxylation is 2. The number of rotatable bonds is 2. The van der Waals surface area contributed by atoms with Crippen LogP contribution in [0.15, 0.2) is 20.8 Å². The van der Waals surface area contributed by atoms with Gasteiger partial charge in [0.15, 0.2) is 0 Å². The van der Waals surface area contributed by atoms with Crippen LogP contribution < -0.4 is 10.9 Å². The van der Waals surface area contributed by atoms with Crippen LogP contribution in [-0.4, -0.2) is 34.9 Å². The van der Waals surface area contributed by atoms with E-state index in [0.29, 0.717) is 4.70 Å². The number of amides is 1. The monoisotopic (exact) mass is 349 g/mol. The molecule has 24 heavy (non-hydrogen) atoms. The minimum Gasteiger partial charge on any atom is -0.293 e. The maximum absolute atomic E-state index is 12.4. The largest absolute Gasteiger partial charge is 0.293 e. The lowest BCUT2D eigenvalue weighted by atomic mass is 10.2. The van der Waals surface area contributed by atoms with Crippen molar-refractivity contribution in [3.63, 3.8) is 0 Å². The van der Waals surface area contributed by atoms with Crippen molar-refractivity contribution in [2.24, 2.45) is 9.98 Å². The molecule has 8 heteroatoms. The van der Waals surface area contributed by atoms with E-state index < -0.39 is 5.91 Å². The van der Waals surface area contributed by atoms with Gasteiger partial charge in [-0.15, -0.1) is 11.3 Å². The van der Waals surface area contributed by atoms with E-state index in [1.54, 1.807) is 6.92 Å². The number of aliphatic imine (C=N–C) groups is 2. The van der Waals surface area contributed by atoms with Crippen LogP contribution >= 0.6 is 11.3 Å². The summed E-state index contributed by atoms with van der Waals surface area (Å²) in [6.45, 7) is 9.31. The van der Waals surface area contributed by atoms with Gasteiger partial charge in [-0.05, 0) is 26.8 Å². The minimum absolute atomic E-state index is 0.176. The highest BCUT2D eigenvalue weighted by molar-refractivity contribution is 7.18. The molecule has 7 nitrogen and oxygen atoms in total. The summed E-state index contributed by atoms with van der Waals surface area (Å²) in [7, 11) is 1.53. The van der Waals surface area contributed by atoms with Crippen LogP contribution in [0.3, 0.4) is 0 Å². The third-order valence-corrected chi connectivity index (χ3v) is 3.99. The summed E-state index contributed by atoms with van der Waals surface area (Å²) >= 11 is 1.41. The van der Waals surface area contributed by atoms with Gasteiger partial charge in [0.05, 0.1) is 5.69 Å². The molecular formula is C16H23N5O2S. The van der Waals surface area contributed by atoms with E-state index in [1.807, 2.05) is 33.8 Å². The fourth-order valence-electron chi connectivity index (χ4n) is 2.02. The first-order valence-corrected chi connectivity index (χ1v) is 8.51. The molecule has 1 N–H and O–H groups in total. The topological polar surface area (TPSA) is 88.7 Å². The molecule has 0 unspecified atom stereocenters. The second-order valence-electron chi connectivity index (χ2n) is 4.63. The lowest BCUT2D eigenvalue weighted by Crippen LogP contribution is -2.36. The number of carbonyl (C=O) groups is 1. The summed E-state index contributed by atoms with van der Waals surface area (Å²) in [6.07, 6.45) is 1.53. The van der Waals surface area contributed by atoms with E-state index in [2.05, 4.69) is 20.4 Å². The first-order chi connectivity index (χ1) is 11.5. The average Bonchev–Trinajstić information content (AvgIpc) is 2.96. The second kappa shape index (κ2) is 9.07. The van der Waals surface area contributed by atoms with Crippen molar-refractivity contribution in [1.82, 2.24) is 15.1 Å². The Hall–Kier alpha value is -2.35. The number of hydrogen-bond donors (Lipinski definition) is 1. The number of thiophene rings is 1. The Labute approximate surface area is 145 Å². The summed E-state index contributed by atoms with van der Waals surface area (Å²) < 4.78 is 1.79. The molecule has 2 heterocycles. The van der Waals surface area contributed by atoms with Crippen LogP contribution in [0, 0.1) is 13.8 Å². The lowest BCUT2D eigenvalue weighted by molar-refractivity contribution is -0.120. The maximum Gasteiger partial charge on any atom is 0.285 e. The number of nitrogens with one attached hydrogen (secondary N) is 1. The molecule has 130 valence electrons. The summed E-state index contributed by atoms with van der Waals surface area (Å²) in [5, 5.41) is 7.58. The van der Waals surface area contributed by atoms with Crippen molar-refractivity contribution < 1.29 is 4.79 Å². The molecule has 0 fully saturated rings. The molecular weight excluding hydrogens is 326 g/mol. The number of carbonyl (C=O) groups excluding carboxylic acids is 1. The summed E-state index contributed by atoms with van der Waals surface area (Å²) in [5.41, 5.74) is 0.463. The van der Waals surface area contributed by atoms with Crippen LogP contribution in [0.4, 0.5) is 0 Å². The van der Waals surface area contributed by atoms with Gasteiger partial charge >= 0.3 is 0 Å². The molecule has 1 amide bonds. The molecule has 0 radical (unpaired) electrons. The van der Waals surface area contributed by atoms with Gasteiger partial charge in [0.25, 0.3) is 5.56 Å². The van der Waals surface area contributed by atoms with Crippen LogP contribution in [0.25, 0.3) is 10.1 Å². The zero-order valence-corrected chi connectivity index (χ0v) is 15.7. The first kappa shape index (κ1) is 19.7. The fourth-order valence-corrected chi connectivity index (χ4v) is 3.02. The maximum atomic E-state index is 12.4. The summed E-state index contributed by atoms with van der Waals surface area (Å²) in [6, 6.07) is 1.94. The van der Waals surface area contributed by atoms with Gasteiger partial charge < -0.3 is 0 Å². The number of guanidine groups is 1. The third kappa shape index (κ3) is 4.58. The van der Waals surface area contributed by atoms with Crippen LogP contribution in [-0.2, 0) is 11.3 Å². The highest BCUT2D eigenvalue weighted by Gasteiger charge is 2.13. The average molecular weight is 349 g/mol. The van der Waals surface area contributed by atoms with E-state index in [-0.39, 0.29) is 18.1 Å². The number of hydrogen-bond acceptors (Lipinski definition) is 5. The molecule has 0 bridgehead atoms. The van der Waals surface area contributed by atoms with Gasteiger partial charge in [0.1, 0.15) is 11.2 Å². The number of fused-ring (bicyclic) bond motifs is 1. The van der Waals surface area contributed by atoms with Crippen LogP contribution in [0.2, 0.25) is 0 Å². The van der Waals surface area contributed by atoms with Gasteiger partial charge in [0.2, 0.25) is 11.9 Å². The molecule has 0 aliphatic carbocycles. The van der Waals surface area contributed by atoms with E-state index in [9.17, 15) is 9.59 Å². The second-order valence-corrected chi connectivity index (χ2v) is 5.89. The van der Waals surface area contributed by atoms with Gasteiger partial charge in [-0.1, -0.05) is 13.8 Å². The molecule has 0 aliphatic heterocycles. The van der Waals surface area contributed by atoms with Gasteiger partial charge in [-0.2, -0.15) is 5.10 Å². The lowest BCUT2D eigenvalue weighted by Gasteiger charge is -2.07. The molecule has 2 rings (SSSR count). The van der Waals surface area contributed by atoms with E-state index in [0.717, 1.165) is 16.0 Å². The predicted octanol–water partition coefficient (Wildman–Crippen LogP) is 2.29. The van der Waals surface area contributed by atoms with Crippen molar-refractivity contribution in [1.29, 1.82) is 0 Å². The van der Waals surface area contributed by atoms with Gasteiger partial charge in [0, 0.05) is 23.5 Å². The van der Waals surface area contributed by atoms with Crippen LogP contribution in [0.5, 0.6) is 0 Å².